The van der Waals surface area contributed by atoms with Crippen molar-refractivity contribution in [2.24, 2.45) is 0 Å². The second-order valence-electron chi connectivity index (χ2n) is 4.52. The minimum absolute atomic E-state index is 1.23. The second-order valence-corrected chi connectivity index (χ2v) is 5.77. The molecular weight excluding hydrogens is 224 g/mol. The Morgan fingerprint density at radius 2 is 1.12 bits per heavy atom. The lowest BCUT2D eigenvalue weighted by Crippen LogP contribution is -1.83. The maximum absolute atomic E-state index is 2.45. The van der Waals surface area contributed by atoms with Crippen molar-refractivity contribution >= 4 is 11.8 Å². The summed E-state index contributed by atoms with van der Waals surface area (Å²) in [6, 6.07) is 0. The Labute approximate surface area is 113 Å². The molecule has 0 aliphatic rings. The highest BCUT2D eigenvalue weighted by atomic mass is 32.2. The standard InChI is InChI=1S/C16H30S/c1-5-9-13-15(11-7-3)17-16(12-8-4)14-10-6-2/h13-14H,5-12H2,1-4H3/b15-13+,16-14+. The zero-order valence-corrected chi connectivity index (χ0v) is 13.0. The third kappa shape index (κ3) is 9.52. The molecule has 0 aromatic carbocycles. The molecule has 0 rings (SSSR count). The van der Waals surface area contributed by atoms with Crippen molar-refractivity contribution in [1.82, 2.24) is 0 Å². The van der Waals surface area contributed by atoms with E-state index in [1.165, 1.54) is 51.4 Å². The Hall–Kier alpha value is -0.170. The summed E-state index contributed by atoms with van der Waals surface area (Å²) < 4.78 is 0. The molecule has 0 unspecified atom stereocenters. The highest BCUT2D eigenvalue weighted by Gasteiger charge is 2.02. The molecule has 0 aromatic heterocycles. The molecule has 0 nitrogen and oxygen atoms in total. The maximum atomic E-state index is 2.45. The van der Waals surface area contributed by atoms with Crippen LogP contribution in [-0.4, -0.2) is 0 Å². The first-order chi connectivity index (χ1) is 8.28. The van der Waals surface area contributed by atoms with Gasteiger partial charge in [-0.05, 0) is 35.5 Å². The van der Waals surface area contributed by atoms with E-state index in [-0.39, 0.29) is 0 Å². The van der Waals surface area contributed by atoms with Crippen LogP contribution < -0.4 is 0 Å². The van der Waals surface area contributed by atoms with Gasteiger partial charge >= 0.3 is 0 Å². The Morgan fingerprint density at radius 3 is 1.41 bits per heavy atom. The van der Waals surface area contributed by atoms with Crippen LogP contribution in [-0.2, 0) is 0 Å². The van der Waals surface area contributed by atoms with Gasteiger partial charge in [0.15, 0.2) is 0 Å². The van der Waals surface area contributed by atoms with Gasteiger partial charge in [0.25, 0.3) is 0 Å². The van der Waals surface area contributed by atoms with Crippen LogP contribution in [0.1, 0.15) is 79.1 Å². The lowest BCUT2D eigenvalue weighted by molar-refractivity contribution is 0.903. The summed E-state index contributed by atoms with van der Waals surface area (Å²) in [5.41, 5.74) is 0. The van der Waals surface area contributed by atoms with Crippen LogP contribution in [0.5, 0.6) is 0 Å². The SMILES string of the molecule is CCC/C=C(\CCC)S/C(=C/CCC)CCC. The number of hydrogen-bond donors (Lipinski definition) is 0. The molecule has 0 aliphatic heterocycles. The second kappa shape index (κ2) is 12.3. The van der Waals surface area contributed by atoms with Crippen molar-refractivity contribution in [2.75, 3.05) is 0 Å². The highest BCUT2D eigenvalue weighted by molar-refractivity contribution is 8.06. The molecule has 100 valence electrons. The van der Waals surface area contributed by atoms with Crippen molar-refractivity contribution < 1.29 is 0 Å². The summed E-state index contributed by atoms with van der Waals surface area (Å²) >= 11 is 2.04. The van der Waals surface area contributed by atoms with Gasteiger partial charge in [0.1, 0.15) is 0 Å². The van der Waals surface area contributed by atoms with Gasteiger partial charge in [0.05, 0.1) is 0 Å². The molecule has 0 saturated heterocycles. The third-order valence-electron chi connectivity index (χ3n) is 2.58. The van der Waals surface area contributed by atoms with Crippen LogP contribution in [0.25, 0.3) is 0 Å². The van der Waals surface area contributed by atoms with E-state index in [1.54, 1.807) is 9.81 Å². The monoisotopic (exact) mass is 254 g/mol. The number of allylic oxidation sites excluding steroid dienone is 4. The summed E-state index contributed by atoms with van der Waals surface area (Å²) in [4.78, 5) is 3.18. The van der Waals surface area contributed by atoms with Crippen molar-refractivity contribution in [3.63, 3.8) is 0 Å². The number of rotatable bonds is 10. The predicted octanol–water partition coefficient (Wildman–Crippen LogP) is 6.69. The van der Waals surface area contributed by atoms with Crippen molar-refractivity contribution in [3.05, 3.63) is 22.0 Å². The van der Waals surface area contributed by atoms with Gasteiger partial charge in [-0.3, -0.25) is 0 Å². The van der Waals surface area contributed by atoms with E-state index >= 15 is 0 Å². The predicted molar refractivity (Wildman–Crippen MR) is 83.4 cm³/mol. The Bertz CT molecular complexity index is 202. The van der Waals surface area contributed by atoms with E-state index in [1.807, 2.05) is 11.8 Å². The van der Waals surface area contributed by atoms with E-state index in [0.717, 1.165) is 0 Å². The first kappa shape index (κ1) is 16.8. The van der Waals surface area contributed by atoms with E-state index in [2.05, 4.69) is 39.8 Å². The van der Waals surface area contributed by atoms with E-state index in [0.29, 0.717) is 0 Å². The molecule has 17 heavy (non-hydrogen) atoms. The van der Waals surface area contributed by atoms with Crippen molar-refractivity contribution in [3.8, 4) is 0 Å². The minimum Gasteiger partial charge on any atom is -0.0997 e. The first-order valence-corrected chi connectivity index (χ1v) is 8.15. The lowest BCUT2D eigenvalue weighted by Gasteiger charge is -2.09. The Kier molecular flexibility index (Phi) is 12.2. The molecule has 0 atom stereocenters. The van der Waals surface area contributed by atoms with Crippen molar-refractivity contribution in [1.29, 1.82) is 0 Å². The van der Waals surface area contributed by atoms with Crippen LogP contribution in [0.2, 0.25) is 0 Å². The van der Waals surface area contributed by atoms with Crippen LogP contribution in [0.15, 0.2) is 22.0 Å². The molecule has 1 heteroatoms. The summed E-state index contributed by atoms with van der Waals surface area (Å²) in [6.45, 7) is 9.06. The molecule has 0 bridgehead atoms. The van der Waals surface area contributed by atoms with Crippen LogP contribution >= 0.6 is 11.8 Å². The van der Waals surface area contributed by atoms with Crippen LogP contribution in [0, 0.1) is 0 Å². The van der Waals surface area contributed by atoms with Gasteiger partial charge in [0.2, 0.25) is 0 Å². The third-order valence-corrected chi connectivity index (χ3v) is 3.84. The Morgan fingerprint density at radius 1 is 0.706 bits per heavy atom. The van der Waals surface area contributed by atoms with Crippen molar-refractivity contribution in [2.45, 2.75) is 79.1 Å². The van der Waals surface area contributed by atoms with Gasteiger partial charge in [0, 0.05) is 0 Å². The minimum atomic E-state index is 1.23. The largest absolute Gasteiger partial charge is 0.0997 e. The molecule has 0 aromatic rings. The van der Waals surface area contributed by atoms with E-state index in [4.69, 9.17) is 0 Å². The lowest BCUT2D eigenvalue weighted by atomic mass is 10.2. The average molecular weight is 254 g/mol. The molecule has 0 fully saturated rings. The normalized spacial score (nSPS) is 13.2. The molecular formula is C16H30S. The molecule has 0 spiro atoms. The van der Waals surface area contributed by atoms with Crippen LogP contribution in [0.4, 0.5) is 0 Å². The first-order valence-electron chi connectivity index (χ1n) is 7.34. The number of unbranched alkanes of at least 4 members (excludes halogenated alkanes) is 2. The Balaban J connectivity index is 4.43. The van der Waals surface area contributed by atoms with Gasteiger partial charge in [-0.15, -0.1) is 0 Å². The molecule has 0 radical (unpaired) electrons. The molecule has 0 heterocycles. The summed E-state index contributed by atoms with van der Waals surface area (Å²) in [7, 11) is 0. The summed E-state index contributed by atoms with van der Waals surface area (Å²) in [6.07, 6.45) is 14.9. The quantitative estimate of drug-likeness (QED) is 0.418. The zero-order valence-electron chi connectivity index (χ0n) is 12.2. The molecule has 0 aliphatic carbocycles. The fraction of sp³-hybridized carbons (Fsp3) is 0.750. The summed E-state index contributed by atoms with van der Waals surface area (Å²) in [5, 5.41) is 0. The fourth-order valence-electron chi connectivity index (χ4n) is 1.66. The van der Waals surface area contributed by atoms with Gasteiger partial charge in [-0.25, -0.2) is 0 Å². The van der Waals surface area contributed by atoms with Gasteiger partial charge < -0.3 is 0 Å². The molecule has 0 saturated carbocycles. The maximum Gasteiger partial charge on any atom is -0.0146 e. The topological polar surface area (TPSA) is 0 Å². The highest BCUT2D eigenvalue weighted by Crippen LogP contribution is 2.32. The van der Waals surface area contributed by atoms with E-state index < -0.39 is 0 Å². The summed E-state index contributed by atoms with van der Waals surface area (Å²) in [5.74, 6) is 0. The smallest absolute Gasteiger partial charge is 0.0146 e. The fourth-order valence-corrected chi connectivity index (χ4v) is 3.01. The zero-order chi connectivity index (χ0) is 12.9. The number of thioether (sulfide) groups is 1. The molecule has 0 amide bonds. The van der Waals surface area contributed by atoms with Gasteiger partial charge in [-0.2, -0.15) is 0 Å². The number of hydrogen-bond acceptors (Lipinski definition) is 1. The van der Waals surface area contributed by atoms with Crippen LogP contribution in [0.3, 0.4) is 0 Å². The molecule has 0 N–H and O–H groups in total. The average Bonchev–Trinajstić information content (AvgIpc) is 2.33. The van der Waals surface area contributed by atoms with E-state index in [9.17, 15) is 0 Å². The van der Waals surface area contributed by atoms with Gasteiger partial charge in [-0.1, -0.05) is 77.3 Å².